The van der Waals surface area contributed by atoms with Gasteiger partial charge < -0.3 is 10.6 Å². The summed E-state index contributed by atoms with van der Waals surface area (Å²) in [5.41, 5.74) is 5.72. The zero-order valence-corrected chi connectivity index (χ0v) is 11.7. The van der Waals surface area contributed by atoms with Gasteiger partial charge >= 0.3 is 0 Å². The van der Waals surface area contributed by atoms with E-state index in [1.54, 1.807) is 0 Å². The second kappa shape index (κ2) is 5.83. The van der Waals surface area contributed by atoms with Crippen LogP contribution >= 0.6 is 0 Å². The molecule has 0 aliphatic carbocycles. The molecule has 1 unspecified atom stereocenters. The third-order valence-electron chi connectivity index (χ3n) is 3.54. The second-order valence-electron chi connectivity index (χ2n) is 6.27. The van der Waals surface area contributed by atoms with Crippen molar-refractivity contribution in [3.63, 3.8) is 0 Å². The maximum atomic E-state index is 11.1. The minimum Gasteiger partial charge on any atom is -0.368 e. The first-order valence-corrected chi connectivity index (χ1v) is 6.55. The Morgan fingerprint density at radius 3 is 2.18 bits per heavy atom. The van der Waals surface area contributed by atoms with E-state index in [2.05, 4.69) is 30.6 Å². The molecule has 0 radical (unpaired) electrons. The first kappa shape index (κ1) is 14.5. The highest BCUT2D eigenvalue weighted by Crippen LogP contribution is 2.19. The number of piperazine rings is 1. The summed E-state index contributed by atoms with van der Waals surface area (Å²) in [7, 11) is 0. The van der Waals surface area contributed by atoms with Crippen LogP contribution in [0.2, 0.25) is 0 Å². The molecule has 1 atom stereocenters. The molecule has 17 heavy (non-hydrogen) atoms. The van der Waals surface area contributed by atoms with E-state index in [0.29, 0.717) is 5.41 Å². The quantitative estimate of drug-likeness (QED) is 0.796. The predicted octanol–water partition coefficient (Wildman–Crippen LogP) is 0.914. The van der Waals surface area contributed by atoms with Crippen LogP contribution in [-0.4, -0.2) is 54.5 Å². The Bertz CT molecular complexity index is 252. The average Bonchev–Trinajstić information content (AvgIpc) is 2.25. The summed E-state index contributed by atoms with van der Waals surface area (Å²) in [4.78, 5) is 15.8. The van der Waals surface area contributed by atoms with Crippen molar-refractivity contribution in [1.29, 1.82) is 0 Å². The number of rotatable bonds is 4. The smallest absolute Gasteiger partial charge is 0.234 e. The molecule has 4 heteroatoms. The number of carbonyl (C=O) groups is 1. The molecule has 100 valence electrons. The molecular formula is C13H27N3O. The van der Waals surface area contributed by atoms with Crippen molar-refractivity contribution in [2.75, 3.05) is 32.7 Å². The Labute approximate surface area is 105 Å². The van der Waals surface area contributed by atoms with Crippen LogP contribution in [0.1, 0.15) is 34.1 Å². The average molecular weight is 241 g/mol. The van der Waals surface area contributed by atoms with Gasteiger partial charge in [-0.3, -0.25) is 9.69 Å². The zero-order chi connectivity index (χ0) is 13.1. The standard InChI is InChI=1S/C13H27N3O/c1-11(12(14)17)16-9-7-15(8-10-16)6-5-13(2,3)4/h11H,5-10H2,1-4H3,(H2,14,17). The second-order valence-corrected chi connectivity index (χ2v) is 6.27. The Morgan fingerprint density at radius 2 is 1.76 bits per heavy atom. The molecular weight excluding hydrogens is 214 g/mol. The van der Waals surface area contributed by atoms with Gasteiger partial charge in [0.15, 0.2) is 0 Å². The minimum atomic E-state index is -0.215. The lowest BCUT2D eigenvalue weighted by Gasteiger charge is -2.37. The van der Waals surface area contributed by atoms with E-state index in [4.69, 9.17) is 5.73 Å². The Kier molecular flexibility index (Phi) is 4.95. The van der Waals surface area contributed by atoms with E-state index in [9.17, 15) is 4.79 Å². The number of nitrogens with two attached hydrogens (primary N) is 1. The Balaban J connectivity index is 2.29. The summed E-state index contributed by atoms with van der Waals surface area (Å²) in [6.07, 6.45) is 1.22. The van der Waals surface area contributed by atoms with E-state index >= 15 is 0 Å². The Hall–Kier alpha value is -0.610. The van der Waals surface area contributed by atoms with Gasteiger partial charge in [-0.25, -0.2) is 0 Å². The lowest BCUT2D eigenvalue weighted by Crippen LogP contribution is -2.53. The highest BCUT2D eigenvalue weighted by Gasteiger charge is 2.24. The minimum absolute atomic E-state index is 0.125. The van der Waals surface area contributed by atoms with Crippen molar-refractivity contribution >= 4 is 5.91 Å². The van der Waals surface area contributed by atoms with Gasteiger partial charge in [0.1, 0.15) is 0 Å². The summed E-state index contributed by atoms with van der Waals surface area (Å²) in [6, 6.07) is -0.125. The lowest BCUT2D eigenvalue weighted by atomic mass is 9.92. The van der Waals surface area contributed by atoms with Crippen molar-refractivity contribution in [3.05, 3.63) is 0 Å². The highest BCUT2D eigenvalue weighted by molar-refractivity contribution is 5.79. The number of amides is 1. The van der Waals surface area contributed by atoms with Crippen LogP contribution in [0.25, 0.3) is 0 Å². The van der Waals surface area contributed by atoms with Crippen molar-refractivity contribution in [1.82, 2.24) is 9.80 Å². The topological polar surface area (TPSA) is 49.6 Å². The van der Waals surface area contributed by atoms with Crippen LogP contribution in [0, 0.1) is 5.41 Å². The Morgan fingerprint density at radius 1 is 1.24 bits per heavy atom. The van der Waals surface area contributed by atoms with Crippen LogP contribution in [0.15, 0.2) is 0 Å². The number of carbonyl (C=O) groups excluding carboxylic acids is 1. The monoisotopic (exact) mass is 241 g/mol. The number of nitrogens with zero attached hydrogens (tertiary/aromatic N) is 2. The van der Waals surface area contributed by atoms with Gasteiger partial charge in [0, 0.05) is 26.2 Å². The van der Waals surface area contributed by atoms with Gasteiger partial charge in [-0.05, 0) is 25.3 Å². The first-order valence-electron chi connectivity index (χ1n) is 6.55. The third-order valence-corrected chi connectivity index (χ3v) is 3.54. The van der Waals surface area contributed by atoms with Crippen LogP contribution in [0.5, 0.6) is 0 Å². The van der Waals surface area contributed by atoms with Gasteiger partial charge in [-0.15, -0.1) is 0 Å². The molecule has 0 bridgehead atoms. The lowest BCUT2D eigenvalue weighted by molar-refractivity contribution is -0.123. The largest absolute Gasteiger partial charge is 0.368 e. The molecule has 0 aromatic rings. The van der Waals surface area contributed by atoms with E-state index in [-0.39, 0.29) is 11.9 Å². The molecule has 1 fully saturated rings. The number of hydrogen-bond donors (Lipinski definition) is 1. The molecule has 1 amide bonds. The van der Waals surface area contributed by atoms with Crippen LogP contribution < -0.4 is 5.73 Å². The molecule has 1 heterocycles. The summed E-state index contributed by atoms with van der Waals surface area (Å²) < 4.78 is 0. The van der Waals surface area contributed by atoms with Crippen LogP contribution in [0.4, 0.5) is 0 Å². The summed E-state index contributed by atoms with van der Waals surface area (Å²) in [5, 5.41) is 0. The van der Waals surface area contributed by atoms with E-state index in [1.807, 2.05) is 6.92 Å². The summed E-state index contributed by atoms with van der Waals surface area (Å²) in [6.45, 7) is 13.9. The molecule has 4 nitrogen and oxygen atoms in total. The molecule has 0 aromatic heterocycles. The maximum absolute atomic E-state index is 11.1. The molecule has 0 spiro atoms. The predicted molar refractivity (Wildman–Crippen MR) is 70.7 cm³/mol. The van der Waals surface area contributed by atoms with Gasteiger partial charge in [0.05, 0.1) is 6.04 Å². The molecule has 0 aromatic carbocycles. The zero-order valence-electron chi connectivity index (χ0n) is 11.7. The molecule has 0 saturated carbocycles. The molecule has 1 aliphatic rings. The van der Waals surface area contributed by atoms with Crippen molar-refractivity contribution < 1.29 is 4.79 Å². The SMILES string of the molecule is CC(C(N)=O)N1CCN(CCC(C)(C)C)CC1. The van der Waals surface area contributed by atoms with E-state index in [0.717, 1.165) is 32.7 Å². The highest BCUT2D eigenvalue weighted by atomic mass is 16.1. The normalized spacial score (nSPS) is 21.4. The molecule has 2 N–H and O–H groups in total. The molecule has 1 rings (SSSR count). The summed E-state index contributed by atoms with van der Waals surface area (Å²) in [5.74, 6) is -0.215. The van der Waals surface area contributed by atoms with Crippen LogP contribution in [0.3, 0.4) is 0 Å². The van der Waals surface area contributed by atoms with Gasteiger partial charge in [0.2, 0.25) is 5.91 Å². The number of hydrogen-bond acceptors (Lipinski definition) is 3. The first-order chi connectivity index (χ1) is 7.79. The fraction of sp³-hybridized carbons (Fsp3) is 0.923. The van der Waals surface area contributed by atoms with E-state index in [1.165, 1.54) is 6.42 Å². The van der Waals surface area contributed by atoms with Gasteiger partial charge in [-0.1, -0.05) is 20.8 Å². The molecule has 1 aliphatic heterocycles. The molecule has 1 saturated heterocycles. The van der Waals surface area contributed by atoms with Gasteiger partial charge in [0.25, 0.3) is 0 Å². The number of primary amides is 1. The van der Waals surface area contributed by atoms with Crippen molar-refractivity contribution in [2.45, 2.75) is 40.2 Å². The van der Waals surface area contributed by atoms with Crippen molar-refractivity contribution in [3.8, 4) is 0 Å². The van der Waals surface area contributed by atoms with E-state index < -0.39 is 0 Å². The van der Waals surface area contributed by atoms with Gasteiger partial charge in [-0.2, -0.15) is 0 Å². The van der Waals surface area contributed by atoms with Crippen LogP contribution in [-0.2, 0) is 4.79 Å². The summed E-state index contributed by atoms with van der Waals surface area (Å²) >= 11 is 0. The maximum Gasteiger partial charge on any atom is 0.234 e. The van der Waals surface area contributed by atoms with Crippen molar-refractivity contribution in [2.24, 2.45) is 11.1 Å². The third kappa shape index (κ3) is 5.04. The fourth-order valence-corrected chi connectivity index (χ4v) is 2.05. The fourth-order valence-electron chi connectivity index (χ4n) is 2.05.